The normalized spacial score (nSPS) is 16.2. The molecule has 1 aliphatic rings. The van der Waals surface area contributed by atoms with E-state index in [-0.39, 0.29) is 19.6 Å². The number of carbonyl (C=O) groups excluding carboxylic acids is 2. The molecular weight excluding hydrogens is 660 g/mol. The minimum atomic E-state index is -2.86. The summed E-state index contributed by atoms with van der Waals surface area (Å²) in [5.41, 5.74) is 0.120. The largest absolute Gasteiger partial charge is 0.500 e. The Balaban J connectivity index is 1.56. The number of likely N-dealkylation sites (tertiary alicyclic amines) is 1. The van der Waals surface area contributed by atoms with Crippen molar-refractivity contribution in [1.82, 2.24) is 10.2 Å². The highest BCUT2D eigenvalue weighted by Crippen LogP contribution is 2.42. The molecule has 1 aliphatic heterocycles. The van der Waals surface area contributed by atoms with Crippen LogP contribution in [0, 0.1) is 0 Å². The molecule has 12 nitrogen and oxygen atoms in total. The number of benzene rings is 3. The Bertz CT molecular complexity index is 1410. The molecule has 1 fully saturated rings. The zero-order valence-corrected chi connectivity index (χ0v) is 30.6. The first-order valence-corrected chi connectivity index (χ1v) is 19.0. The summed E-state index contributed by atoms with van der Waals surface area (Å²) in [6.45, 7) is 7.45. The fourth-order valence-corrected chi connectivity index (χ4v) is 8.83. The lowest BCUT2D eigenvalue weighted by molar-refractivity contribution is -0.00709. The van der Waals surface area contributed by atoms with Gasteiger partial charge in [-0.1, -0.05) is 54.6 Å². The van der Waals surface area contributed by atoms with Crippen molar-refractivity contribution in [3.8, 4) is 11.5 Å². The van der Waals surface area contributed by atoms with E-state index in [1.165, 1.54) is 4.90 Å². The van der Waals surface area contributed by atoms with Crippen LogP contribution in [0.5, 0.6) is 11.5 Å². The van der Waals surface area contributed by atoms with Gasteiger partial charge >= 0.3 is 21.0 Å². The topological polar surface area (TPSA) is 134 Å². The number of rotatable bonds is 18. The van der Waals surface area contributed by atoms with Crippen molar-refractivity contribution in [3.05, 3.63) is 95.6 Å². The standard InChI is InChI=1S/C37H50N2O10Si/c1-6-46-50(47-7-2,48-8-3)24-12-23-38-35(40)49-33-25-34(39(26-33)36(41)45-27-28-13-10-9-11-14-28)37(42,29-15-19-31(43-4)20-16-29)30-17-21-32(44-5)22-18-30/h9-11,13-22,33-34,42H,6-8,12,23-27H2,1-5H3,(H,38,40)/t33-,34+/m1/s1. The summed E-state index contributed by atoms with van der Waals surface area (Å²) in [5.74, 6) is 1.22. The van der Waals surface area contributed by atoms with Gasteiger partial charge in [0.2, 0.25) is 0 Å². The number of hydrogen-bond acceptors (Lipinski definition) is 10. The summed E-state index contributed by atoms with van der Waals surface area (Å²) >= 11 is 0. The monoisotopic (exact) mass is 710 g/mol. The molecule has 0 radical (unpaired) electrons. The van der Waals surface area contributed by atoms with E-state index < -0.39 is 38.7 Å². The summed E-state index contributed by atoms with van der Waals surface area (Å²) in [4.78, 5) is 28.3. The van der Waals surface area contributed by atoms with Gasteiger partial charge in [-0.3, -0.25) is 4.90 Å². The van der Waals surface area contributed by atoms with Gasteiger partial charge in [0.25, 0.3) is 0 Å². The molecule has 0 saturated carbocycles. The Kier molecular flexibility index (Phi) is 14.5. The van der Waals surface area contributed by atoms with Crippen molar-refractivity contribution in [3.63, 3.8) is 0 Å². The van der Waals surface area contributed by atoms with Crippen molar-refractivity contribution in [1.29, 1.82) is 0 Å². The summed E-state index contributed by atoms with van der Waals surface area (Å²) in [5, 5.41) is 15.6. The van der Waals surface area contributed by atoms with Gasteiger partial charge in [-0.05, 0) is 68.1 Å². The van der Waals surface area contributed by atoms with Crippen LogP contribution < -0.4 is 14.8 Å². The van der Waals surface area contributed by atoms with Crippen LogP contribution in [0.4, 0.5) is 9.59 Å². The highest BCUT2D eigenvalue weighted by Gasteiger charge is 2.51. The molecule has 2 amide bonds. The molecule has 3 aromatic carbocycles. The molecule has 13 heteroatoms. The molecule has 0 spiro atoms. The first-order chi connectivity index (χ1) is 24.2. The lowest BCUT2D eigenvalue weighted by atomic mass is 9.79. The van der Waals surface area contributed by atoms with Gasteiger partial charge in [0.15, 0.2) is 0 Å². The smallest absolute Gasteiger partial charge is 0.497 e. The van der Waals surface area contributed by atoms with Crippen molar-refractivity contribution in [2.75, 3.05) is 47.1 Å². The van der Waals surface area contributed by atoms with E-state index in [9.17, 15) is 14.7 Å². The van der Waals surface area contributed by atoms with Gasteiger partial charge in [0.1, 0.15) is 29.8 Å². The molecule has 0 aromatic heterocycles. The lowest BCUT2D eigenvalue weighted by Gasteiger charge is -2.39. The molecule has 4 rings (SSSR count). The Morgan fingerprint density at radius 2 is 1.38 bits per heavy atom. The van der Waals surface area contributed by atoms with Gasteiger partial charge in [0.05, 0.1) is 26.8 Å². The maximum absolute atomic E-state index is 13.8. The van der Waals surface area contributed by atoms with Gasteiger partial charge in [-0.15, -0.1) is 0 Å². The number of ether oxygens (including phenoxy) is 4. The van der Waals surface area contributed by atoms with Crippen LogP contribution in [-0.2, 0) is 35.0 Å². The zero-order chi connectivity index (χ0) is 36.0. The summed E-state index contributed by atoms with van der Waals surface area (Å²) < 4.78 is 40.1. The third-order valence-corrected chi connectivity index (χ3v) is 11.7. The van der Waals surface area contributed by atoms with E-state index in [1.54, 1.807) is 62.8 Å². The van der Waals surface area contributed by atoms with E-state index in [0.29, 0.717) is 61.5 Å². The van der Waals surface area contributed by atoms with Crippen molar-refractivity contribution < 1.29 is 46.9 Å². The van der Waals surface area contributed by atoms with E-state index in [4.69, 9.17) is 32.2 Å². The molecule has 0 bridgehead atoms. The molecule has 50 heavy (non-hydrogen) atoms. The fraction of sp³-hybridized carbons (Fsp3) is 0.459. The number of aliphatic hydroxyl groups is 1. The van der Waals surface area contributed by atoms with E-state index in [2.05, 4.69) is 5.32 Å². The van der Waals surface area contributed by atoms with Gasteiger partial charge in [-0.2, -0.15) is 0 Å². The van der Waals surface area contributed by atoms with E-state index in [1.807, 2.05) is 51.1 Å². The predicted molar refractivity (Wildman–Crippen MR) is 189 cm³/mol. The molecular formula is C37H50N2O10Si. The quantitative estimate of drug-likeness (QED) is 0.122. The van der Waals surface area contributed by atoms with Crippen LogP contribution in [0.25, 0.3) is 0 Å². The molecule has 1 heterocycles. The number of hydrogen-bond donors (Lipinski definition) is 2. The number of carbonyl (C=O) groups is 2. The molecule has 2 atom stereocenters. The Labute approximate surface area is 295 Å². The maximum atomic E-state index is 13.8. The lowest BCUT2D eigenvalue weighted by Crippen LogP contribution is -2.50. The minimum absolute atomic E-state index is 0.00930. The molecule has 2 N–H and O–H groups in total. The third-order valence-electron chi connectivity index (χ3n) is 8.54. The molecule has 0 unspecified atom stereocenters. The highest BCUT2D eigenvalue weighted by molar-refractivity contribution is 6.60. The first-order valence-electron chi connectivity index (χ1n) is 17.1. The Hall–Kier alpha value is -4.14. The number of nitrogens with one attached hydrogen (secondary N) is 1. The molecule has 3 aromatic rings. The van der Waals surface area contributed by atoms with Crippen molar-refractivity contribution in [2.45, 2.75) is 64.0 Å². The van der Waals surface area contributed by atoms with Crippen molar-refractivity contribution >= 4 is 21.0 Å². The maximum Gasteiger partial charge on any atom is 0.500 e. The second-order valence-corrected chi connectivity index (χ2v) is 14.4. The average molecular weight is 711 g/mol. The summed E-state index contributed by atoms with van der Waals surface area (Å²) in [7, 11) is 0.270. The van der Waals surface area contributed by atoms with Gasteiger partial charge in [-0.25, -0.2) is 9.59 Å². The van der Waals surface area contributed by atoms with Crippen LogP contribution in [0.2, 0.25) is 6.04 Å². The van der Waals surface area contributed by atoms with Gasteiger partial charge in [0, 0.05) is 38.8 Å². The fourth-order valence-electron chi connectivity index (χ4n) is 6.21. The summed E-state index contributed by atoms with van der Waals surface area (Å²) in [6, 6.07) is 23.0. The molecule has 1 saturated heterocycles. The van der Waals surface area contributed by atoms with Crippen molar-refractivity contribution in [2.24, 2.45) is 0 Å². The molecule has 0 aliphatic carbocycles. The van der Waals surface area contributed by atoms with E-state index in [0.717, 1.165) is 5.56 Å². The second-order valence-electron chi connectivity index (χ2n) is 11.7. The van der Waals surface area contributed by atoms with Crippen LogP contribution >= 0.6 is 0 Å². The van der Waals surface area contributed by atoms with Crippen LogP contribution in [0.3, 0.4) is 0 Å². The summed E-state index contributed by atoms with van der Waals surface area (Å²) in [6.07, 6.45) is -1.33. The second kappa shape index (κ2) is 18.7. The predicted octanol–water partition coefficient (Wildman–Crippen LogP) is 5.88. The Morgan fingerprint density at radius 3 is 1.88 bits per heavy atom. The minimum Gasteiger partial charge on any atom is -0.497 e. The number of amides is 2. The van der Waals surface area contributed by atoms with Crippen LogP contribution in [-0.4, -0.2) is 90.3 Å². The Morgan fingerprint density at radius 1 is 0.840 bits per heavy atom. The SMILES string of the molecule is CCO[Si](CCCNC(=O)O[C@@H]1C[C@@H](C(O)(c2ccc(OC)cc2)c2ccc(OC)cc2)N(C(=O)OCc2ccccc2)C1)(OCC)OCC. The van der Waals surface area contributed by atoms with Crippen LogP contribution in [0.15, 0.2) is 78.9 Å². The van der Waals surface area contributed by atoms with Gasteiger partial charge < -0.3 is 42.6 Å². The average Bonchev–Trinajstić information content (AvgIpc) is 3.57. The molecule has 272 valence electrons. The van der Waals surface area contributed by atoms with Crippen LogP contribution in [0.1, 0.15) is 50.3 Å². The number of methoxy groups -OCH3 is 2. The third kappa shape index (κ3) is 9.76. The zero-order valence-electron chi connectivity index (χ0n) is 29.6. The van der Waals surface area contributed by atoms with E-state index >= 15 is 0 Å². The highest BCUT2D eigenvalue weighted by atomic mass is 28.4. The number of nitrogens with zero attached hydrogens (tertiary/aromatic N) is 1. The first kappa shape index (κ1) is 38.7. The number of alkyl carbamates (subject to hydrolysis) is 1.